The van der Waals surface area contributed by atoms with Crippen LogP contribution in [-0.2, 0) is 6.54 Å². The molecule has 6 nitrogen and oxygen atoms in total. The van der Waals surface area contributed by atoms with E-state index in [0.717, 1.165) is 4.88 Å². The molecule has 0 aromatic carbocycles. The molecule has 2 N–H and O–H groups in total. The Labute approximate surface area is 89.1 Å². The zero-order valence-electron chi connectivity index (χ0n) is 7.64. The lowest BCUT2D eigenvalue weighted by molar-refractivity contribution is -0.388. The number of H-pyrrole nitrogens is 1. The standard InChI is InChI=1S/C8H8N4O2S/c13-12(14)8-7(5-10-11-8)9-4-6-2-1-3-15-6/h1-3,5,9H,4H2,(H,10,11). The maximum absolute atomic E-state index is 10.5. The maximum atomic E-state index is 10.5. The van der Waals surface area contributed by atoms with Crippen LogP contribution in [0, 0.1) is 10.1 Å². The predicted molar refractivity (Wildman–Crippen MR) is 56.9 cm³/mol. The van der Waals surface area contributed by atoms with E-state index in [1.54, 1.807) is 11.3 Å². The summed E-state index contributed by atoms with van der Waals surface area (Å²) in [7, 11) is 0. The van der Waals surface area contributed by atoms with Gasteiger partial charge in [-0.1, -0.05) is 11.2 Å². The number of anilines is 1. The summed E-state index contributed by atoms with van der Waals surface area (Å²) in [6.07, 6.45) is 1.41. The maximum Gasteiger partial charge on any atom is 0.366 e. The molecule has 2 aromatic heterocycles. The van der Waals surface area contributed by atoms with Crippen molar-refractivity contribution < 1.29 is 4.92 Å². The molecule has 0 bridgehead atoms. The predicted octanol–water partition coefficient (Wildman–Crippen LogP) is 1.99. The highest BCUT2D eigenvalue weighted by Gasteiger charge is 2.13. The summed E-state index contributed by atoms with van der Waals surface area (Å²) in [5, 5.41) is 21.4. The van der Waals surface area contributed by atoms with Crippen LogP contribution in [0.4, 0.5) is 11.5 Å². The number of aromatic amines is 1. The SMILES string of the molecule is O=[N+]([O-])c1[nH]ncc1NCc1cccs1. The van der Waals surface area contributed by atoms with E-state index in [1.807, 2.05) is 17.5 Å². The highest BCUT2D eigenvalue weighted by Crippen LogP contribution is 2.21. The van der Waals surface area contributed by atoms with Crippen molar-refractivity contribution in [1.29, 1.82) is 0 Å². The van der Waals surface area contributed by atoms with Gasteiger partial charge in [0.05, 0.1) is 0 Å². The molecule has 0 amide bonds. The van der Waals surface area contributed by atoms with Gasteiger partial charge in [-0.3, -0.25) is 0 Å². The molecule has 0 spiro atoms. The van der Waals surface area contributed by atoms with Gasteiger partial charge in [0.25, 0.3) is 0 Å². The topological polar surface area (TPSA) is 83.8 Å². The summed E-state index contributed by atoms with van der Waals surface area (Å²) < 4.78 is 0. The van der Waals surface area contributed by atoms with E-state index in [2.05, 4.69) is 15.5 Å². The lowest BCUT2D eigenvalue weighted by atomic mass is 10.4. The van der Waals surface area contributed by atoms with Gasteiger partial charge < -0.3 is 15.4 Å². The molecule has 0 unspecified atom stereocenters. The molecule has 15 heavy (non-hydrogen) atoms. The fourth-order valence-electron chi connectivity index (χ4n) is 1.14. The zero-order valence-corrected chi connectivity index (χ0v) is 8.45. The Morgan fingerprint density at radius 2 is 2.53 bits per heavy atom. The Morgan fingerprint density at radius 1 is 1.67 bits per heavy atom. The van der Waals surface area contributed by atoms with E-state index in [0.29, 0.717) is 12.2 Å². The minimum atomic E-state index is -0.496. The van der Waals surface area contributed by atoms with Gasteiger partial charge in [0.1, 0.15) is 6.20 Å². The second kappa shape index (κ2) is 4.09. The van der Waals surface area contributed by atoms with Crippen molar-refractivity contribution in [2.24, 2.45) is 0 Å². The Kier molecular flexibility index (Phi) is 2.64. The molecular formula is C8H8N4O2S. The van der Waals surface area contributed by atoms with Crippen LogP contribution < -0.4 is 5.32 Å². The van der Waals surface area contributed by atoms with Crippen molar-refractivity contribution in [3.8, 4) is 0 Å². The van der Waals surface area contributed by atoms with E-state index < -0.39 is 4.92 Å². The molecule has 0 saturated carbocycles. The molecule has 0 radical (unpaired) electrons. The van der Waals surface area contributed by atoms with Crippen LogP contribution in [0.15, 0.2) is 23.7 Å². The second-order valence-electron chi connectivity index (χ2n) is 2.82. The normalized spacial score (nSPS) is 10.1. The van der Waals surface area contributed by atoms with E-state index >= 15 is 0 Å². The van der Waals surface area contributed by atoms with Crippen molar-refractivity contribution in [1.82, 2.24) is 10.2 Å². The van der Waals surface area contributed by atoms with Gasteiger partial charge in [0.15, 0.2) is 5.69 Å². The number of rotatable bonds is 4. The number of thiophene rings is 1. The van der Waals surface area contributed by atoms with Gasteiger partial charge in [-0.05, 0) is 16.4 Å². The van der Waals surface area contributed by atoms with E-state index in [1.165, 1.54) is 6.20 Å². The van der Waals surface area contributed by atoms with Crippen LogP contribution in [0.25, 0.3) is 0 Å². The first-order valence-electron chi connectivity index (χ1n) is 4.21. The first-order valence-corrected chi connectivity index (χ1v) is 5.09. The molecule has 2 heterocycles. The number of aromatic nitrogens is 2. The average molecular weight is 224 g/mol. The van der Waals surface area contributed by atoms with E-state index in [9.17, 15) is 10.1 Å². The number of nitro groups is 1. The number of nitrogens with zero attached hydrogens (tertiary/aromatic N) is 2. The Bertz CT molecular complexity index is 451. The molecule has 2 aromatic rings. The van der Waals surface area contributed by atoms with E-state index in [-0.39, 0.29) is 5.82 Å². The molecule has 2 rings (SSSR count). The average Bonchev–Trinajstić information content (AvgIpc) is 2.86. The monoisotopic (exact) mass is 224 g/mol. The van der Waals surface area contributed by atoms with Crippen LogP contribution in [0.1, 0.15) is 4.88 Å². The van der Waals surface area contributed by atoms with E-state index in [4.69, 9.17) is 0 Å². The lowest BCUT2D eigenvalue weighted by Crippen LogP contribution is -1.99. The second-order valence-corrected chi connectivity index (χ2v) is 3.85. The van der Waals surface area contributed by atoms with Crippen molar-refractivity contribution in [2.45, 2.75) is 6.54 Å². The summed E-state index contributed by atoms with van der Waals surface area (Å²) in [6.45, 7) is 0.567. The highest BCUT2D eigenvalue weighted by atomic mass is 32.1. The van der Waals surface area contributed by atoms with Crippen LogP contribution >= 0.6 is 11.3 Å². The molecule has 0 aliphatic heterocycles. The molecule has 0 aliphatic carbocycles. The number of hydrogen-bond donors (Lipinski definition) is 2. The zero-order chi connectivity index (χ0) is 10.7. The Balaban J connectivity index is 2.05. The van der Waals surface area contributed by atoms with Crippen molar-refractivity contribution in [3.05, 3.63) is 38.7 Å². The van der Waals surface area contributed by atoms with Crippen LogP contribution in [0.2, 0.25) is 0 Å². The molecule has 0 fully saturated rings. The highest BCUT2D eigenvalue weighted by molar-refractivity contribution is 7.09. The fourth-order valence-corrected chi connectivity index (χ4v) is 1.79. The molecule has 78 valence electrons. The van der Waals surface area contributed by atoms with Crippen LogP contribution in [-0.4, -0.2) is 15.1 Å². The molecule has 7 heteroatoms. The lowest BCUT2D eigenvalue weighted by Gasteiger charge is -2.00. The quantitative estimate of drug-likeness (QED) is 0.614. The molecule has 0 atom stereocenters. The number of nitrogens with one attached hydrogen (secondary N) is 2. The smallest absolute Gasteiger partial charge is 0.366 e. The largest absolute Gasteiger partial charge is 0.372 e. The fraction of sp³-hybridized carbons (Fsp3) is 0.125. The van der Waals surface area contributed by atoms with Gasteiger partial charge in [0.2, 0.25) is 0 Å². The summed E-state index contributed by atoms with van der Waals surface area (Å²) in [6, 6.07) is 3.90. The summed E-state index contributed by atoms with van der Waals surface area (Å²) >= 11 is 1.60. The summed E-state index contributed by atoms with van der Waals surface area (Å²) in [5.41, 5.74) is 0.411. The molecule has 0 saturated heterocycles. The van der Waals surface area contributed by atoms with Gasteiger partial charge in [-0.25, -0.2) is 0 Å². The van der Waals surface area contributed by atoms with Crippen LogP contribution in [0.3, 0.4) is 0 Å². The third-order valence-corrected chi connectivity index (χ3v) is 2.71. The summed E-state index contributed by atoms with van der Waals surface area (Å²) in [4.78, 5) is 11.2. The van der Waals surface area contributed by atoms with Gasteiger partial charge in [0, 0.05) is 11.4 Å². The first-order chi connectivity index (χ1) is 7.27. The number of hydrogen-bond acceptors (Lipinski definition) is 5. The van der Waals surface area contributed by atoms with Crippen molar-refractivity contribution >= 4 is 22.8 Å². The summed E-state index contributed by atoms with van der Waals surface area (Å²) in [5.74, 6) is -0.105. The first kappa shape index (κ1) is 9.66. The van der Waals surface area contributed by atoms with Gasteiger partial charge in [-0.2, -0.15) is 0 Å². The Morgan fingerprint density at radius 3 is 3.20 bits per heavy atom. The third kappa shape index (κ3) is 2.13. The van der Waals surface area contributed by atoms with Crippen molar-refractivity contribution in [2.75, 3.05) is 5.32 Å². The third-order valence-electron chi connectivity index (χ3n) is 1.83. The van der Waals surface area contributed by atoms with Gasteiger partial charge in [-0.15, -0.1) is 16.4 Å². The minimum absolute atomic E-state index is 0.105. The Hall–Kier alpha value is -1.89. The minimum Gasteiger partial charge on any atom is -0.372 e. The van der Waals surface area contributed by atoms with Crippen LogP contribution in [0.5, 0.6) is 0 Å². The van der Waals surface area contributed by atoms with Crippen molar-refractivity contribution in [3.63, 3.8) is 0 Å². The molecule has 0 aliphatic rings. The molecular weight excluding hydrogens is 216 g/mol. The van der Waals surface area contributed by atoms with Gasteiger partial charge >= 0.3 is 5.82 Å².